The highest BCUT2D eigenvalue weighted by molar-refractivity contribution is 5.42. The Morgan fingerprint density at radius 2 is 1.94 bits per heavy atom. The summed E-state index contributed by atoms with van der Waals surface area (Å²) < 4.78 is 23.9. The van der Waals surface area contributed by atoms with E-state index in [0.29, 0.717) is 18.9 Å². The van der Waals surface area contributed by atoms with Gasteiger partial charge in [-0.05, 0) is 32.9 Å². The Bertz CT molecular complexity index is 347. The molecule has 0 bridgehead atoms. The average molecular weight is 227 g/mol. The fourth-order valence-electron chi connectivity index (χ4n) is 1.13. The van der Waals surface area contributed by atoms with E-state index in [9.17, 15) is 4.39 Å². The summed E-state index contributed by atoms with van der Waals surface area (Å²) in [6.45, 7) is 6.61. The topological polar surface area (TPSA) is 44.5 Å². The number of benzene rings is 1. The van der Waals surface area contributed by atoms with Gasteiger partial charge in [0, 0.05) is 11.8 Å². The fourth-order valence-corrected chi connectivity index (χ4v) is 1.13. The molecule has 3 nitrogen and oxygen atoms in total. The van der Waals surface area contributed by atoms with Crippen LogP contribution < -0.4 is 10.5 Å². The molecule has 0 heterocycles. The maximum atomic E-state index is 13.3. The molecule has 0 fully saturated rings. The molecule has 1 aromatic rings. The highest BCUT2D eigenvalue weighted by atomic mass is 19.1. The zero-order valence-electron chi connectivity index (χ0n) is 9.92. The van der Waals surface area contributed by atoms with Crippen LogP contribution in [0.25, 0.3) is 0 Å². The highest BCUT2D eigenvalue weighted by Crippen LogP contribution is 2.19. The molecule has 0 amide bonds. The van der Waals surface area contributed by atoms with Crippen LogP contribution in [0.3, 0.4) is 0 Å². The minimum Gasteiger partial charge on any atom is -0.488 e. The second kappa shape index (κ2) is 5.16. The Morgan fingerprint density at radius 3 is 2.50 bits per heavy atom. The summed E-state index contributed by atoms with van der Waals surface area (Å²) in [5.41, 5.74) is 5.60. The third-order valence-electron chi connectivity index (χ3n) is 1.83. The summed E-state index contributed by atoms with van der Waals surface area (Å²) >= 11 is 0. The minimum atomic E-state index is -0.448. The van der Waals surface area contributed by atoms with Crippen molar-refractivity contribution in [1.29, 1.82) is 0 Å². The number of ether oxygens (including phenoxy) is 2. The lowest BCUT2D eigenvalue weighted by atomic mass is 10.2. The third kappa shape index (κ3) is 4.49. The first kappa shape index (κ1) is 12.8. The van der Waals surface area contributed by atoms with Crippen molar-refractivity contribution in [3.63, 3.8) is 0 Å². The van der Waals surface area contributed by atoms with Gasteiger partial charge in [-0.1, -0.05) is 0 Å². The van der Waals surface area contributed by atoms with Crippen LogP contribution in [0, 0.1) is 5.82 Å². The molecule has 90 valence electrons. The van der Waals surface area contributed by atoms with Gasteiger partial charge >= 0.3 is 0 Å². The molecule has 0 saturated heterocycles. The molecular weight excluding hydrogens is 209 g/mol. The largest absolute Gasteiger partial charge is 0.488 e. The van der Waals surface area contributed by atoms with E-state index in [0.717, 1.165) is 0 Å². The van der Waals surface area contributed by atoms with Crippen molar-refractivity contribution in [3.05, 3.63) is 24.0 Å². The highest BCUT2D eigenvalue weighted by Gasteiger charge is 2.10. The molecule has 0 saturated carbocycles. The molecule has 2 N–H and O–H groups in total. The maximum absolute atomic E-state index is 13.3. The first-order chi connectivity index (χ1) is 7.38. The van der Waals surface area contributed by atoms with Gasteiger partial charge in [0.2, 0.25) is 0 Å². The Balaban J connectivity index is 2.38. The first-order valence-electron chi connectivity index (χ1n) is 5.20. The third-order valence-corrected chi connectivity index (χ3v) is 1.83. The number of nitrogens with two attached hydrogens (primary N) is 1. The second-order valence-corrected chi connectivity index (χ2v) is 4.50. The molecule has 1 aromatic carbocycles. The lowest BCUT2D eigenvalue weighted by Gasteiger charge is -2.19. The summed E-state index contributed by atoms with van der Waals surface area (Å²) in [4.78, 5) is 0. The van der Waals surface area contributed by atoms with Crippen molar-refractivity contribution in [2.45, 2.75) is 26.4 Å². The van der Waals surface area contributed by atoms with Gasteiger partial charge < -0.3 is 15.2 Å². The lowest BCUT2D eigenvalue weighted by Crippen LogP contribution is -2.22. The molecule has 4 heteroatoms. The van der Waals surface area contributed by atoms with Crippen molar-refractivity contribution in [3.8, 4) is 5.75 Å². The predicted octanol–water partition coefficient (Wildman–Crippen LogP) is 2.60. The summed E-state index contributed by atoms with van der Waals surface area (Å²) in [5, 5.41) is 0. The predicted molar refractivity (Wildman–Crippen MR) is 62.0 cm³/mol. The van der Waals surface area contributed by atoms with Gasteiger partial charge in [-0.2, -0.15) is 0 Å². The smallest absolute Gasteiger partial charge is 0.167 e. The number of hydrogen-bond donors (Lipinski definition) is 1. The number of nitrogen functional groups attached to an aromatic ring is 1. The van der Waals surface area contributed by atoms with Crippen LogP contribution >= 0.6 is 0 Å². The molecule has 16 heavy (non-hydrogen) atoms. The van der Waals surface area contributed by atoms with Crippen LogP contribution in [-0.2, 0) is 4.74 Å². The molecule has 0 aliphatic carbocycles. The number of rotatable bonds is 4. The maximum Gasteiger partial charge on any atom is 0.167 e. The SMILES string of the molecule is CC(C)(C)OCCOc1ccc(N)cc1F. The Labute approximate surface area is 95.4 Å². The second-order valence-electron chi connectivity index (χ2n) is 4.50. The molecule has 0 spiro atoms. The fraction of sp³-hybridized carbons (Fsp3) is 0.500. The quantitative estimate of drug-likeness (QED) is 0.635. The van der Waals surface area contributed by atoms with Gasteiger partial charge in [-0.15, -0.1) is 0 Å². The number of hydrogen-bond acceptors (Lipinski definition) is 3. The zero-order chi connectivity index (χ0) is 12.2. The Kier molecular flexibility index (Phi) is 4.12. The Hall–Kier alpha value is -1.29. The molecule has 0 aromatic heterocycles. The van der Waals surface area contributed by atoms with Crippen LogP contribution in [0.15, 0.2) is 18.2 Å². The van der Waals surface area contributed by atoms with Crippen molar-refractivity contribution in [2.75, 3.05) is 18.9 Å². The average Bonchev–Trinajstić information content (AvgIpc) is 2.13. The molecule has 0 aliphatic heterocycles. The van der Waals surface area contributed by atoms with E-state index in [4.69, 9.17) is 15.2 Å². The van der Waals surface area contributed by atoms with Crippen molar-refractivity contribution in [1.82, 2.24) is 0 Å². The van der Waals surface area contributed by atoms with Gasteiger partial charge in [-0.25, -0.2) is 4.39 Å². The minimum absolute atomic E-state index is 0.201. The lowest BCUT2D eigenvalue weighted by molar-refractivity contribution is -0.0166. The van der Waals surface area contributed by atoms with Crippen molar-refractivity contribution >= 4 is 5.69 Å². The van der Waals surface area contributed by atoms with Crippen molar-refractivity contribution in [2.24, 2.45) is 0 Å². The van der Waals surface area contributed by atoms with E-state index >= 15 is 0 Å². The van der Waals surface area contributed by atoms with Crippen LogP contribution in [0.5, 0.6) is 5.75 Å². The number of halogens is 1. The van der Waals surface area contributed by atoms with Crippen LogP contribution in [0.2, 0.25) is 0 Å². The molecular formula is C12H18FNO2. The summed E-state index contributed by atoms with van der Waals surface area (Å²) in [6.07, 6.45) is 0. The van der Waals surface area contributed by atoms with Crippen molar-refractivity contribution < 1.29 is 13.9 Å². The molecule has 0 unspecified atom stereocenters. The van der Waals surface area contributed by atoms with Crippen LogP contribution in [0.1, 0.15) is 20.8 Å². The first-order valence-corrected chi connectivity index (χ1v) is 5.20. The zero-order valence-corrected chi connectivity index (χ0v) is 9.92. The van der Waals surface area contributed by atoms with Crippen LogP contribution in [-0.4, -0.2) is 18.8 Å². The summed E-state index contributed by atoms with van der Waals surface area (Å²) in [5.74, 6) is -0.248. The standard InChI is InChI=1S/C12H18FNO2/c1-12(2,3)16-7-6-15-11-5-4-9(14)8-10(11)13/h4-5,8H,6-7,14H2,1-3H3. The van der Waals surface area contributed by atoms with E-state index in [1.807, 2.05) is 20.8 Å². The van der Waals surface area contributed by atoms with E-state index in [2.05, 4.69) is 0 Å². The monoisotopic (exact) mass is 227 g/mol. The molecule has 1 rings (SSSR count). The van der Waals surface area contributed by atoms with Gasteiger partial charge in [0.1, 0.15) is 6.61 Å². The summed E-state index contributed by atoms with van der Waals surface area (Å²) in [7, 11) is 0. The summed E-state index contributed by atoms with van der Waals surface area (Å²) in [6, 6.07) is 4.35. The van der Waals surface area contributed by atoms with E-state index < -0.39 is 5.82 Å². The molecule has 0 atom stereocenters. The number of anilines is 1. The van der Waals surface area contributed by atoms with Gasteiger partial charge in [-0.3, -0.25) is 0 Å². The van der Waals surface area contributed by atoms with E-state index in [1.165, 1.54) is 12.1 Å². The van der Waals surface area contributed by atoms with Gasteiger partial charge in [0.15, 0.2) is 11.6 Å². The molecule has 0 aliphatic rings. The van der Waals surface area contributed by atoms with Gasteiger partial charge in [0.05, 0.1) is 12.2 Å². The van der Waals surface area contributed by atoms with E-state index in [-0.39, 0.29) is 11.4 Å². The van der Waals surface area contributed by atoms with Gasteiger partial charge in [0.25, 0.3) is 0 Å². The molecule has 0 radical (unpaired) electrons. The normalized spacial score (nSPS) is 11.5. The van der Waals surface area contributed by atoms with E-state index in [1.54, 1.807) is 6.07 Å². The van der Waals surface area contributed by atoms with Crippen LogP contribution in [0.4, 0.5) is 10.1 Å². The Morgan fingerprint density at radius 1 is 1.25 bits per heavy atom.